The van der Waals surface area contributed by atoms with E-state index in [4.69, 9.17) is 14.2 Å². The Morgan fingerprint density at radius 1 is 0.875 bits per heavy atom. The van der Waals surface area contributed by atoms with Gasteiger partial charge in [-0.3, -0.25) is 9.69 Å². The molecule has 0 N–H and O–H groups in total. The van der Waals surface area contributed by atoms with Gasteiger partial charge in [0.25, 0.3) is 5.91 Å². The highest BCUT2D eigenvalue weighted by atomic mass is 32.2. The van der Waals surface area contributed by atoms with Crippen LogP contribution in [-0.2, 0) is 14.3 Å². The van der Waals surface area contributed by atoms with Crippen LogP contribution in [0.1, 0.15) is 5.56 Å². The maximum atomic E-state index is 13.0. The molecule has 0 radical (unpaired) electrons. The first-order valence-corrected chi connectivity index (χ1v) is 10.7. The second-order valence-electron chi connectivity index (χ2n) is 6.82. The number of ether oxygens (including phenoxy) is 3. The van der Waals surface area contributed by atoms with E-state index in [2.05, 4.69) is 0 Å². The third kappa shape index (κ3) is 4.48. The van der Waals surface area contributed by atoms with E-state index < -0.39 is 5.97 Å². The van der Waals surface area contributed by atoms with E-state index in [1.165, 1.54) is 6.08 Å². The van der Waals surface area contributed by atoms with Crippen molar-refractivity contribution in [2.75, 3.05) is 25.7 Å². The van der Waals surface area contributed by atoms with E-state index in [0.717, 1.165) is 26.7 Å². The Balaban J connectivity index is 1.45. The molecule has 7 heteroatoms. The molecule has 162 valence electrons. The molecule has 0 bridgehead atoms. The van der Waals surface area contributed by atoms with Crippen LogP contribution in [0.25, 0.3) is 6.08 Å². The molecule has 1 aliphatic heterocycles. The Bertz CT molecular complexity index is 1140. The molecule has 32 heavy (non-hydrogen) atoms. The molecule has 6 nitrogen and oxygen atoms in total. The summed E-state index contributed by atoms with van der Waals surface area (Å²) in [6, 6.07) is 20.6. The zero-order chi connectivity index (χ0) is 22.5. The van der Waals surface area contributed by atoms with Crippen molar-refractivity contribution in [2.24, 2.45) is 0 Å². The van der Waals surface area contributed by atoms with Gasteiger partial charge >= 0.3 is 5.97 Å². The average molecular weight is 448 g/mol. The molecule has 1 heterocycles. The molecule has 3 aromatic carbocycles. The number of benzene rings is 3. The topological polar surface area (TPSA) is 65.1 Å². The molecule has 3 aromatic rings. The predicted molar refractivity (Wildman–Crippen MR) is 124 cm³/mol. The molecule has 0 saturated heterocycles. The number of nitrogens with zero attached hydrogens (tertiary/aromatic N) is 1. The minimum Gasteiger partial charge on any atom is -0.493 e. The highest BCUT2D eigenvalue weighted by molar-refractivity contribution is 7.99. The Hall–Kier alpha value is -3.71. The quantitative estimate of drug-likeness (QED) is 0.387. The van der Waals surface area contributed by atoms with Gasteiger partial charge in [-0.25, -0.2) is 4.79 Å². The fourth-order valence-electron chi connectivity index (χ4n) is 3.34. The molecular formula is C25H21NO5S. The number of fused-ring (bicyclic) bond motifs is 2. The zero-order valence-electron chi connectivity index (χ0n) is 17.6. The van der Waals surface area contributed by atoms with Gasteiger partial charge in [-0.05, 0) is 48.0 Å². The van der Waals surface area contributed by atoms with E-state index in [1.54, 1.807) is 55.2 Å². The van der Waals surface area contributed by atoms with Crippen molar-refractivity contribution in [1.82, 2.24) is 0 Å². The summed E-state index contributed by atoms with van der Waals surface area (Å²) in [5.41, 5.74) is 2.29. The summed E-state index contributed by atoms with van der Waals surface area (Å²) in [6.45, 7) is -0.373. The first-order chi connectivity index (χ1) is 15.6. The summed E-state index contributed by atoms with van der Waals surface area (Å²) in [5.74, 6) is 0.218. The second kappa shape index (κ2) is 9.62. The number of hydrogen-bond donors (Lipinski definition) is 0. The van der Waals surface area contributed by atoms with Crippen molar-refractivity contribution in [3.63, 3.8) is 0 Å². The fraction of sp³-hybridized carbons (Fsp3) is 0.120. The number of rotatable bonds is 6. The van der Waals surface area contributed by atoms with Crippen LogP contribution in [-0.4, -0.2) is 32.7 Å². The summed E-state index contributed by atoms with van der Waals surface area (Å²) < 4.78 is 15.7. The minimum absolute atomic E-state index is 0.321. The van der Waals surface area contributed by atoms with Crippen LogP contribution in [0.4, 0.5) is 11.4 Å². The lowest BCUT2D eigenvalue weighted by Gasteiger charge is -2.30. The maximum Gasteiger partial charge on any atom is 0.331 e. The predicted octanol–water partition coefficient (Wildman–Crippen LogP) is 5.09. The van der Waals surface area contributed by atoms with Crippen LogP contribution in [0.3, 0.4) is 0 Å². The molecule has 0 aliphatic carbocycles. The first kappa shape index (κ1) is 21.5. The Morgan fingerprint density at radius 3 is 2.12 bits per heavy atom. The molecular weight excluding hydrogens is 426 g/mol. The van der Waals surface area contributed by atoms with E-state index in [-0.39, 0.29) is 12.5 Å². The van der Waals surface area contributed by atoms with Crippen LogP contribution in [0, 0.1) is 0 Å². The van der Waals surface area contributed by atoms with Crippen LogP contribution in [0.2, 0.25) is 0 Å². The number of methoxy groups -OCH3 is 2. The number of hydrogen-bond acceptors (Lipinski definition) is 6. The van der Waals surface area contributed by atoms with E-state index in [0.29, 0.717) is 11.5 Å². The molecule has 0 fully saturated rings. The van der Waals surface area contributed by atoms with Gasteiger partial charge in [0, 0.05) is 15.9 Å². The van der Waals surface area contributed by atoms with Crippen molar-refractivity contribution in [3.8, 4) is 11.5 Å². The highest BCUT2D eigenvalue weighted by Gasteiger charge is 2.28. The zero-order valence-corrected chi connectivity index (χ0v) is 18.4. The number of esters is 1. The number of carbonyl (C=O) groups is 2. The average Bonchev–Trinajstić information content (AvgIpc) is 2.84. The first-order valence-electron chi connectivity index (χ1n) is 9.86. The van der Waals surface area contributed by atoms with Crippen LogP contribution in [0.5, 0.6) is 11.5 Å². The molecule has 0 unspecified atom stereocenters. The van der Waals surface area contributed by atoms with Gasteiger partial charge < -0.3 is 14.2 Å². The Morgan fingerprint density at radius 2 is 1.50 bits per heavy atom. The van der Waals surface area contributed by atoms with Crippen LogP contribution < -0.4 is 14.4 Å². The number of anilines is 2. The number of carbonyl (C=O) groups excluding carboxylic acids is 2. The molecule has 0 aromatic heterocycles. The van der Waals surface area contributed by atoms with E-state index >= 15 is 0 Å². The fourth-order valence-corrected chi connectivity index (χ4v) is 4.40. The molecule has 1 aliphatic rings. The lowest BCUT2D eigenvalue weighted by Crippen LogP contribution is -2.32. The highest BCUT2D eigenvalue weighted by Crippen LogP contribution is 2.47. The smallest absolute Gasteiger partial charge is 0.331 e. The second-order valence-corrected chi connectivity index (χ2v) is 7.91. The molecule has 0 saturated carbocycles. The summed E-state index contributed by atoms with van der Waals surface area (Å²) in [4.78, 5) is 28.8. The van der Waals surface area contributed by atoms with Crippen molar-refractivity contribution in [1.29, 1.82) is 0 Å². The van der Waals surface area contributed by atoms with E-state index in [1.807, 2.05) is 48.5 Å². The summed E-state index contributed by atoms with van der Waals surface area (Å²) in [7, 11) is 3.10. The van der Waals surface area contributed by atoms with Gasteiger partial charge in [0.05, 0.1) is 25.6 Å². The van der Waals surface area contributed by atoms with Crippen LogP contribution >= 0.6 is 11.8 Å². The summed E-state index contributed by atoms with van der Waals surface area (Å²) in [6.07, 6.45) is 2.87. The largest absolute Gasteiger partial charge is 0.493 e. The third-order valence-corrected chi connectivity index (χ3v) is 5.97. The van der Waals surface area contributed by atoms with Crippen molar-refractivity contribution in [3.05, 3.63) is 78.4 Å². The standard InChI is InChI=1S/C25H21NO5S/c1-29-20-13-11-17(15-21(20)30-2)12-14-25(28)31-16-24(27)26-18-7-3-5-9-22(18)32-23-10-6-4-8-19(23)26/h3-15H,16H2,1-2H3. The number of amides is 1. The van der Waals surface area contributed by atoms with Gasteiger partial charge in [-0.1, -0.05) is 42.1 Å². The van der Waals surface area contributed by atoms with Crippen LogP contribution in [0.15, 0.2) is 82.6 Å². The van der Waals surface area contributed by atoms with Gasteiger partial charge in [0.1, 0.15) is 0 Å². The lowest BCUT2D eigenvalue weighted by molar-refractivity contribution is -0.142. The van der Waals surface area contributed by atoms with Crippen molar-refractivity contribution >= 4 is 41.1 Å². The monoisotopic (exact) mass is 447 g/mol. The van der Waals surface area contributed by atoms with Crippen molar-refractivity contribution < 1.29 is 23.8 Å². The van der Waals surface area contributed by atoms with Gasteiger partial charge in [0.15, 0.2) is 18.1 Å². The lowest BCUT2D eigenvalue weighted by atomic mass is 10.2. The van der Waals surface area contributed by atoms with E-state index in [9.17, 15) is 9.59 Å². The van der Waals surface area contributed by atoms with Gasteiger partial charge in [0.2, 0.25) is 0 Å². The Labute approximate surface area is 190 Å². The van der Waals surface area contributed by atoms with Gasteiger partial charge in [-0.15, -0.1) is 0 Å². The van der Waals surface area contributed by atoms with Crippen molar-refractivity contribution in [2.45, 2.75) is 9.79 Å². The SMILES string of the molecule is COc1ccc(C=CC(=O)OCC(=O)N2c3ccccc3Sc3ccccc32)cc1OC. The normalized spacial score (nSPS) is 12.1. The summed E-state index contributed by atoms with van der Waals surface area (Å²) in [5, 5.41) is 0. The maximum absolute atomic E-state index is 13.0. The van der Waals surface area contributed by atoms with Gasteiger partial charge in [-0.2, -0.15) is 0 Å². The Kier molecular flexibility index (Phi) is 6.47. The third-order valence-electron chi connectivity index (χ3n) is 4.84. The number of para-hydroxylation sites is 2. The molecule has 0 spiro atoms. The molecule has 0 atom stereocenters. The molecule has 4 rings (SSSR count). The minimum atomic E-state index is -0.610. The molecule has 1 amide bonds. The summed E-state index contributed by atoms with van der Waals surface area (Å²) >= 11 is 1.61.